The highest BCUT2D eigenvalue weighted by atomic mass is 32.2. The van der Waals surface area contributed by atoms with Gasteiger partial charge in [-0.05, 0) is 59.0 Å². The van der Waals surface area contributed by atoms with Gasteiger partial charge in [-0.25, -0.2) is 13.1 Å². The zero-order valence-electron chi connectivity index (χ0n) is 10.5. The first-order valence-electron chi connectivity index (χ1n) is 6.03. The molecule has 1 fully saturated rings. The second-order valence-electron chi connectivity index (χ2n) is 5.49. The number of sulfonamides is 1. The second-order valence-corrected chi connectivity index (χ2v) is 8.01. The van der Waals surface area contributed by atoms with Gasteiger partial charge in [-0.1, -0.05) is 0 Å². The minimum Gasteiger partial charge on any atom is -0.317 e. The van der Waals surface area contributed by atoms with Gasteiger partial charge >= 0.3 is 0 Å². The van der Waals surface area contributed by atoms with Crippen molar-refractivity contribution in [1.82, 2.24) is 10.0 Å². The zero-order chi connectivity index (χ0) is 12.2. The predicted octanol–water partition coefficient (Wildman–Crippen LogP) is 1.09. The monoisotopic (exact) mass is 248 g/mol. The van der Waals surface area contributed by atoms with Gasteiger partial charge in [0, 0.05) is 6.54 Å². The van der Waals surface area contributed by atoms with E-state index in [4.69, 9.17) is 0 Å². The number of hydrogen-bond acceptors (Lipinski definition) is 3. The van der Waals surface area contributed by atoms with Crippen LogP contribution in [0.25, 0.3) is 0 Å². The summed E-state index contributed by atoms with van der Waals surface area (Å²) in [5.41, 5.74) is 0. The lowest BCUT2D eigenvalue weighted by Gasteiger charge is -2.24. The van der Waals surface area contributed by atoms with Crippen molar-refractivity contribution >= 4 is 10.0 Å². The van der Waals surface area contributed by atoms with E-state index in [1.807, 2.05) is 0 Å². The molecule has 0 spiro atoms. The summed E-state index contributed by atoms with van der Waals surface area (Å²) in [6.07, 6.45) is 3.28. The molecule has 0 radical (unpaired) electrons. The van der Waals surface area contributed by atoms with Crippen LogP contribution in [0.1, 0.15) is 40.0 Å². The Hall–Kier alpha value is -0.130. The molecule has 1 rings (SSSR count). The van der Waals surface area contributed by atoms with Crippen LogP contribution < -0.4 is 10.0 Å². The molecule has 0 saturated carbocycles. The smallest absolute Gasteiger partial charge is 0.216 e. The standard InChI is InChI=1S/C11H24N2O2S/c1-11(2,3)16(14,15)13-9-6-10-4-7-12-8-5-10/h10,12-13H,4-9H2,1-3H3. The van der Waals surface area contributed by atoms with Gasteiger partial charge < -0.3 is 5.32 Å². The van der Waals surface area contributed by atoms with E-state index >= 15 is 0 Å². The molecule has 0 amide bonds. The molecule has 5 heteroatoms. The summed E-state index contributed by atoms with van der Waals surface area (Å²) >= 11 is 0. The van der Waals surface area contributed by atoms with E-state index in [0.717, 1.165) is 32.4 Å². The first-order valence-corrected chi connectivity index (χ1v) is 7.51. The molecule has 1 heterocycles. The van der Waals surface area contributed by atoms with Crippen molar-refractivity contribution in [3.05, 3.63) is 0 Å². The molecule has 0 aromatic rings. The zero-order valence-corrected chi connectivity index (χ0v) is 11.4. The Morgan fingerprint density at radius 1 is 1.25 bits per heavy atom. The van der Waals surface area contributed by atoms with Gasteiger partial charge in [0.25, 0.3) is 0 Å². The molecule has 1 aliphatic rings. The fraction of sp³-hybridized carbons (Fsp3) is 1.00. The van der Waals surface area contributed by atoms with Gasteiger partial charge in [0.05, 0.1) is 4.75 Å². The topological polar surface area (TPSA) is 58.2 Å². The number of nitrogens with one attached hydrogen (secondary N) is 2. The van der Waals surface area contributed by atoms with Crippen LogP contribution in [0.3, 0.4) is 0 Å². The highest BCUT2D eigenvalue weighted by Crippen LogP contribution is 2.17. The van der Waals surface area contributed by atoms with Gasteiger partial charge in [-0.15, -0.1) is 0 Å². The fourth-order valence-corrected chi connectivity index (χ4v) is 2.60. The molecule has 0 aliphatic carbocycles. The maximum absolute atomic E-state index is 11.8. The third-order valence-electron chi connectivity index (χ3n) is 3.11. The molecule has 1 aliphatic heterocycles. The Labute approximate surface area is 99.2 Å². The molecule has 2 N–H and O–H groups in total. The maximum Gasteiger partial charge on any atom is 0.216 e. The molecule has 96 valence electrons. The quantitative estimate of drug-likeness (QED) is 0.783. The molecule has 1 saturated heterocycles. The van der Waals surface area contributed by atoms with E-state index in [2.05, 4.69) is 10.0 Å². The van der Waals surface area contributed by atoms with Crippen molar-refractivity contribution in [3.63, 3.8) is 0 Å². The summed E-state index contributed by atoms with van der Waals surface area (Å²) in [6.45, 7) is 7.87. The van der Waals surface area contributed by atoms with Crippen LogP contribution in [0.2, 0.25) is 0 Å². The van der Waals surface area contributed by atoms with E-state index in [9.17, 15) is 8.42 Å². The summed E-state index contributed by atoms with van der Waals surface area (Å²) < 4.78 is 25.5. The van der Waals surface area contributed by atoms with E-state index < -0.39 is 14.8 Å². The normalized spacial score (nSPS) is 19.9. The van der Waals surface area contributed by atoms with Crippen molar-refractivity contribution in [3.8, 4) is 0 Å². The third kappa shape index (κ3) is 4.03. The first kappa shape index (κ1) is 13.9. The van der Waals surface area contributed by atoms with Gasteiger partial charge in [0.2, 0.25) is 10.0 Å². The Bertz CT molecular complexity index is 300. The summed E-state index contributed by atoms with van der Waals surface area (Å²) in [7, 11) is -3.16. The van der Waals surface area contributed by atoms with Gasteiger partial charge in [0.15, 0.2) is 0 Å². The van der Waals surface area contributed by atoms with E-state index in [-0.39, 0.29) is 0 Å². The predicted molar refractivity (Wildman–Crippen MR) is 66.9 cm³/mol. The highest BCUT2D eigenvalue weighted by Gasteiger charge is 2.28. The van der Waals surface area contributed by atoms with Crippen LogP contribution in [0.4, 0.5) is 0 Å². The maximum atomic E-state index is 11.8. The Balaban J connectivity index is 2.29. The lowest BCUT2D eigenvalue weighted by Crippen LogP contribution is -2.40. The molecular formula is C11H24N2O2S. The SMILES string of the molecule is CC(C)(C)S(=O)(=O)NCCC1CCNCC1. The molecule has 4 nitrogen and oxygen atoms in total. The fourth-order valence-electron chi connectivity index (χ4n) is 1.78. The molecule has 0 aromatic heterocycles. The van der Waals surface area contributed by atoms with Crippen LogP contribution in [0, 0.1) is 5.92 Å². The molecule has 0 bridgehead atoms. The number of piperidine rings is 1. The first-order chi connectivity index (χ1) is 7.33. The van der Waals surface area contributed by atoms with Crippen LogP contribution in [0.15, 0.2) is 0 Å². The van der Waals surface area contributed by atoms with Crippen molar-refractivity contribution in [2.75, 3.05) is 19.6 Å². The van der Waals surface area contributed by atoms with Crippen molar-refractivity contribution in [2.45, 2.75) is 44.8 Å². The van der Waals surface area contributed by atoms with Crippen molar-refractivity contribution in [1.29, 1.82) is 0 Å². The summed E-state index contributed by atoms with van der Waals surface area (Å²) in [6, 6.07) is 0. The van der Waals surface area contributed by atoms with Crippen LogP contribution in [-0.4, -0.2) is 32.8 Å². The minimum atomic E-state index is -3.16. The third-order valence-corrected chi connectivity index (χ3v) is 5.31. The number of rotatable bonds is 4. The van der Waals surface area contributed by atoms with Gasteiger partial charge in [-0.3, -0.25) is 0 Å². The van der Waals surface area contributed by atoms with Crippen LogP contribution >= 0.6 is 0 Å². The van der Waals surface area contributed by atoms with Gasteiger partial charge in [-0.2, -0.15) is 0 Å². The summed E-state index contributed by atoms with van der Waals surface area (Å²) in [5, 5.41) is 3.31. The second kappa shape index (κ2) is 5.47. The molecular weight excluding hydrogens is 224 g/mol. The number of hydrogen-bond donors (Lipinski definition) is 2. The van der Waals surface area contributed by atoms with Crippen LogP contribution in [-0.2, 0) is 10.0 Å². The average Bonchev–Trinajstić information content (AvgIpc) is 2.17. The lowest BCUT2D eigenvalue weighted by molar-refractivity contribution is 0.354. The minimum absolute atomic E-state index is 0.574. The Morgan fingerprint density at radius 2 is 1.81 bits per heavy atom. The molecule has 0 atom stereocenters. The molecule has 0 unspecified atom stereocenters. The van der Waals surface area contributed by atoms with E-state index in [0.29, 0.717) is 12.5 Å². The largest absolute Gasteiger partial charge is 0.317 e. The van der Waals surface area contributed by atoms with E-state index in [1.54, 1.807) is 20.8 Å². The molecule has 16 heavy (non-hydrogen) atoms. The Morgan fingerprint density at radius 3 is 2.31 bits per heavy atom. The van der Waals surface area contributed by atoms with E-state index in [1.165, 1.54) is 0 Å². The van der Waals surface area contributed by atoms with Crippen LogP contribution in [0.5, 0.6) is 0 Å². The average molecular weight is 248 g/mol. The van der Waals surface area contributed by atoms with Gasteiger partial charge in [0.1, 0.15) is 0 Å². The highest BCUT2D eigenvalue weighted by molar-refractivity contribution is 7.90. The molecule has 0 aromatic carbocycles. The summed E-state index contributed by atoms with van der Waals surface area (Å²) in [4.78, 5) is 0. The Kier molecular flexibility index (Phi) is 4.76. The summed E-state index contributed by atoms with van der Waals surface area (Å²) in [5.74, 6) is 0.670. The van der Waals surface area contributed by atoms with Crippen molar-refractivity contribution < 1.29 is 8.42 Å². The van der Waals surface area contributed by atoms with Crippen molar-refractivity contribution in [2.24, 2.45) is 5.92 Å². The lowest BCUT2D eigenvalue weighted by atomic mass is 9.95.